The van der Waals surface area contributed by atoms with Crippen molar-refractivity contribution in [2.45, 2.75) is 18.9 Å². The molecule has 3 rings (SSSR count). The zero-order chi connectivity index (χ0) is 19.3. The molecule has 1 amide bonds. The van der Waals surface area contributed by atoms with E-state index in [0.29, 0.717) is 5.56 Å². The topological polar surface area (TPSA) is 72.2 Å². The van der Waals surface area contributed by atoms with E-state index in [4.69, 9.17) is 0 Å². The zero-order valence-corrected chi connectivity index (χ0v) is 15.0. The Morgan fingerprint density at radius 2 is 1.37 bits per heavy atom. The number of carbonyl (C=O) groups excluding carboxylic acids is 1. The highest BCUT2D eigenvalue weighted by Crippen LogP contribution is 2.29. The van der Waals surface area contributed by atoms with Gasteiger partial charge in [0.05, 0.1) is 16.9 Å². The molecule has 0 fully saturated rings. The number of hydrogen-bond donors (Lipinski definition) is 1. The fourth-order valence-corrected chi connectivity index (χ4v) is 3.19. The van der Waals surface area contributed by atoms with Gasteiger partial charge < -0.3 is 5.32 Å². The van der Waals surface area contributed by atoms with Crippen LogP contribution in [0.5, 0.6) is 0 Å². The van der Waals surface area contributed by atoms with Crippen LogP contribution in [0.15, 0.2) is 84.9 Å². The minimum atomic E-state index is -0.747. The maximum atomic E-state index is 12.8. The van der Waals surface area contributed by atoms with E-state index in [9.17, 15) is 14.9 Å². The third-order valence-electron chi connectivity index (χ3n) is 4.63. The van der Waals surface area contributed by atoms with Crippen LogP contribution in [-0.2, 0) is 16.8 Å². The summed E-state index contributed by atoms with van der Waals surface area (Å²) in [6.45, 7) is 1.94. The molecule has 0 aliphatic rings. The Labute approximate surface area is 157 Å². The lowest BCUT2D eigenvalue weighted by molar-refractivity contribution is -0.385. The third-order valence-corrected chi connectivity index (χ3v) is 4.63. The first-order valence-electron chi connectivity index (χ1n) is 8.65. The highest BCUT2D eigenvalue weighted by Gasteiger charge is 2.31. The molecule has 0 spiro atoms. The van der Waals surface area contributed by atoms with Crippen LogP contribution in [0.2, 0.25) is 0 Å². The van der Waals surface area contributed by atoms with Gasteiger partial charge in [-0.1, -0.05) is 78.9 Å². The second-order valence-electron chi connectivity index (χ2n) is 6.47. The van der Waals surface area contributed by atoms with Gasteiger partial charge >= 0.3 is 0 Å². The van der Waals surface area contributed by atoms with Gasteiger partial charge in [0.1, 0.15) is 0 Å². The van der Waals surface area contributed by atoms with Crippen molar-refractivity contribution in [1.82, 2.24) is 5.32 Å². The minimum absolute atomic E-state index is 0.0474. The summed E-state index contributed by atoms with van der Waals surface area (Å²) in [6, 6.07) is 25.7. The number of carbonyl (C=O) groups is 1. The Balaban J connectivity index is 1.92. The van der Waals surface area contributed by atoms with Crippen LogP contribution in [-0.4, -0.2) is 10.8 Å². The predicted molar refractivity (Wildman–Crippen MR) is 104 cm³/mol. The lowest BCUT2D eigenvalue weighted by Crippen LogP contribution is -2.45. The Morgan fingerprint density at radius 1 is 0.889 bits per heavy atom. The average Bonchev–Trinajstić information content (AvgIpc) is 2.69. The Kier molecular flexibility index (Phi) is 5.31. The van der Waals surface area contributed by atoms with Gasteiger partial charge in [0.25, 0.3) is 5.69 Å². The molecule has 0 saturated carbocycles. The van der Waals surface area contributed by atoms with Gasteiger partial charge in [0.15, 0.2) is 0 Å². The van der Waals surface area contributed by atoms with Crippen LogP contribution in [0, 0.1) is 10.1 Å². The highest BCUT2D eigenvalue weighted by molar-refractivity contribution is 5.81. The quantitative estimate of drug-likeness (QED) is 0.528. The summed E-state index contributed by atoms with van der Waals surface area (Å²) in [5.41, 5.74) is 1.47. The first-order valence-corrected chi connectivity index (χ1v) is 8.65. The molecular weight excluding hydrogens is 340 g/mol. The Bertz CT molecular complexity index is 901. The molecule has 0 unspecified atom stereocenters. The van der Waals surface area contributed by atoms with Crippen LogP contribution in [0.25, 0.3) is 0 Å². The number of rotatable bonds is 6. The van der Waals surface area contributed by atoms with Crippen molar-refractivity contribution in [3.05, 3.63) is 112 Å². The van der Waals surface area contributed by atoms with Gasteiger partial charge in [-0.3, -0.25) is 14.9 Å². The molecule has 27 heavy (non-hydrogen) atoms. The highest BCUT2D eigenvalue weighted by atomic mass is 16.6. The number of nitrogens with one attached hydrogen (secondary N) is 1. The molecular formula is C22H20N2O3. The molecule has 0 heterocycles. The Morgan fingerprint density at radius 3 is 1.89 bits per heavy atom. The summed E-state index contributed by atoms with van der Waals surface area (Å²) in [5, 5.41) is 14.3. The van der Waals surface area contributed by atoms with Crippen LogP contribution >= 0.6 is 0 Å². The number of hydrogen-bond acceptors (Lipinski definition) is 3. The standard InChI is InChI=1S/C22H20N2O3/c1-22(18-11-4-2-5-12-18,19-13-6-3-7-14-19)23-21(25)16-17-10-8-9-15-20(17)24(26)27/h2-15H,16H2,1H3,(H,23,25). The number of nitrogens with zero attached hydrogens (tertiary/aromatic N) is 1. The van der Waals surface area contributed by atoms with Crippen molar-refractivity contribution in [3.63, 3.8) is 0 Å². The van der Waals surface area contributed by atoms with E-state index in [1.807, 2.05) is 67.6 Å². The molecule has 0 bridgehead atoms. The molecule has 0 saturated heterocycles. The predicted octanol–water partition coefficient (Wildman–Crippen LogP) is 4.22. The van der Waals surface area contributed by atoms with Crippen molar-refractivity contribution in [2.75, 3.05) is 0 Å². The lowest BCUT2D eigenvalue weighted by Gasteiger charge is -2.32. The van der Waals surface area contributed by atoms with Gasteiger partial charge in [-0.2, -0.15) is 0 Å². The van der Waals surface area contributed by atoms with Crippen LogP contribution in [0.1, 0.15) is 23.6 Å². The van der Waals surface area contributed by atoms with Crippen LogP contribution < -0.4 is 5.32 Å². The van der Waals surface area contributed by atoms with E-state index in [0.717, 1.165) is 11.1 Å². The molecule has 136 valence electrons. The first kappa shape index (κ1) is 18.3. The van der Waals surface area contributed by atoms with Gasteiger partial charge in [-0.05, 0) is 18.1 Å². The molecule has 0 aliphatic carbocycles. The second-order valence-corrected chi connectivity index (χ2v) is 6.47. The molecule has 0 aromatic heterocycles. The van der Waals surface area contributed by atoms with Gasteiger partial charge in [-0.25, -0.2) is 0 Å². The van der Waals surface area contributed by atoms with E-state index in [1.54, 1.807) is 18.2 Å². The third kappa shape index (κ3) is 4.03. The summed E-state index contributed by atoms with van der Waals surface area (Å²) in [6.07, 6.45) is -0.0631. The lowest BCUT2D eigenvalue weighted by atomic mass is 9.84. The van der Waals surface area contributed by atoms with Crippen molar-refractivity contribution in [1.29, 1.82) is 0 Å². The Hall–Kier alpha value is -3.47. The number of para-hydroxylation sites is 1. The van der Waals surface area contributed by atoms with E-state index in [1.165, 1.54) is 6.07 Å². The number of nitro benzene ring substituents is 1. The normalized spacial score (nSPS) is 11.0. The van der Waals surface area contributed by atoms with Gasteiger partial charge in [-0.15, -0.1) is 0 Å². The second kappa shape index (κ2) is 7.83. The number of nitro groups is 1. The van der Waals surface area contributed by atoms with Crippen molar-refractivity contribution >= 4 is 11.6 Å². The SMILES string of the molecule is CC(NC(=O)Cc1ccccc1[N+](=O)[O-])(c1ccccc1)c1ccccc1. The molecule has 5 heteroatoms. The van der Waals surface area contributed by atoms with E-state index in [2.05, 4.69) is 5.32 Å². The molecule has 1 N–H and O–H groups in total. The molecule has 0 aliphatic heterocycles. The average molecular weight is 360 g/mol. The molecule has 3 aromatic rings. The molecule has 0 radical (unpaired) electrons. The monoisotopic (exact) mass is 360 g/mol. The molecule has 0 atom stereocenters. The van der Waals surface area contributed by atoms with Crippen molar-refractivity contribution in [3.8, 4) is 0 Å². The fourth-order valence-electron chi connectivity index (χ4n) is 3.19. The maximum absolute atomic E-state index is 12.8. The summed E-state index contributed by atoms with van der Waals surface area (Å²) < 4.78 is 0. The van der Waals surface area contributed by atoms with Crippen molar-refractivity contribution in [2.24, 2.45) is 0 Å². The summed E-state index contributed by atoms with van der Waals surface area (Å²) in [4.78, 5) is 23.6. The van der Waals surface area contributed by atoms with Crippen molar-refractivity contribution < 1.29 is 9.72 Å². The van der Waals surface area contributed by atoms with E-state index in [-0.39, 0.29) is 18.0 Å². The first-order chi connectivity index (χ1) is 13.0. The minimum Gasteiger partial charge on any atom is -0.342 e. The van der Waals surface area contributed by atoms with Crippen LogP contribution in [0.3, 0.4) is 0 Å². The smallest absolute Gasteiger partial charge is 0.273 e. The number of benzene rings is 3. The molecule has 3 aromatic carbocycles. The number of amides is 1. The van der Waals surface area contributed by atoms with Gasteiger partial charge in [0, 0.05) is 11.6 Å². The fraction of sp³-hybridized carbons (Fsp3) is 0.136. The molecule has 5 nitrogen and oxygen atoms in total. The summed E-state index contributed by atoms with van der Waals surface area (Å²) in [5.74, 6) is -0.278. The largest absolute Gasteiger partial charge is 0.342 e. The van der Waals surface area contributed by atoms with Gasteiger partial charge in [0.2, 0.25) is 5.91 Å². The maximum Gasteiger partial charge on any atom is 0.273 e. The van der Waals surface area contributed by atoms with E-state index >= 15 is 0 Å². The van der Waals surface area contributed by atoms with Crippen LogP contribution in [0.4, 0.5) is 5.69 Å². The summed E-state index contributed by atoms with van der Waals surface area (Å²) in [7, 11) is 0. The van der Waals surface area contributed by atoms with E-state index < -0.39 is 10.5 Å². The zero-order valence-electron chi connectivity index (χ0n) is 15.0. The summed E-state index contributed by atoms with van der Waals surface area (Å²) >= 11 is 0.